The highest BCUT2D eigenvalue weighted by molar-refractivity contribution is 6.08. The van der Waals surface area contributed by atoms with Crippen molar-refractivity contribution in [3.63, 3.8) is 0 Å². The Morgan fingerprint density at radius 3 is 1.91 bits per heavy atom. The van der Waals surface area contributed by atoms with Gasteiger partial charge in [-0.3, -0.25) is 9.59 Å². The molecule has 3 N–H and O–H groups in total. The van der Waals surface area contributed by atoms with Crippen LogP contribution in [0, 0.1) is 5.92 Å². The number of hydrogen-bond acceptors (Lipinski definition) is 2. The molecule has 4 nitrogen and oxygen atoms in total. The van der Waals surface area contributed by atoms with Gasteiger partial charge in [-0.2, -0.15) is 0 Å². The summed E-state index contributed by atoms with van der Waals surface area (Å²) in [4.78, 5) is 24.3. The Labute approximate surface area is 128 Å². The summed E-state index contributed by atoms with van der Waals surface area (Å²) in [7, 11) is 0. The first-order valence-electron chi connectivity index (χ1n) is 7.22. The molecule has 0 saturated carbocycles. The Bertz CT molecular complexity index is 685. The third kappa shape index (κ3) is 1.99. The summed E-state index contributed by atoms with van der Waals surface area (Å²) < 4.78 is 0. The molecule has 1 amide bonds. The molecule has 1 atom stereocenters. The van der Waals surface area contributed by atoms with Crippen LogP contribution in [0.15, 0.2) is 54.6 Å². The fraction of sp³-hybridized carbons (Fsp3) is 0.222. The monoisotopic (exact) mass is 295 g/mol. The number of nitrogens with two attached hydrogens (primary N) is 1. The summed E-state index contributed by atoms with van der Waals surface area (Å²) in [5.74, 6) is -2.35. The number of carbonyl (C=O) groups is 2. The molecule has 4 heteroatoms. The topological polar surface area (TPSA) is 80.4 Å². The minimum atomic E-state index is -1.69. The van der Waals surface area contributed by atoms with E-state index in [0.29, 0.717) is 18.4 Å². The van der Waals surface area contributed by atoms with Crippen molar-refractivity contribution in [1.82, 2.24) is 0 Å². The molecule has 3 rings (SSSR count). The second-order valence-corrected chi connectivity index (χ2v) is 5.72. The Morgan fingerprint density at radius 1 is 0.955 bits per heavy atom. The van der Waals surface area contributed by atoms with Crippen LogP contribution in [-0.2, 0) is 27.8 Å². The van der Waals surface area contributed by atoms with Crippen molar-refractivity contribution in [2.24, 2.45) is 11.7 Å². The third-order valence-electron chi connectivity index (χ3n) is 4.62. The highest BCUT2D eigenvalue weighted by Crippen LogP contribution is 2.41. The van der Waals surface area contributed by atoms with E-state index in [9.17, 15) is 14.7 Å². The number of amides is 1. The molecular weight excluding hydrogens is 278 g/mol. The number of carbonyl (C=O) groups excluding carboxylic acids is 1. The molecule has 0 bridgehead atoms. The lowest BCUT2D eigenvalue weighted by Gasteiger charge is -2.32. The highest BCUT2D eigenvalue weighted by atomic mass is 16.4. The molecule has 1 aliphatic rings. The number of rotatable bonds is 4. The fourth-order valence-electron chi connectivity index (χ4n) is 3.55. The summed E-state index contributed by atoms with van der Waals surface area (Å²) >= 11 is 0. The van der Waals surface area contributed by atoms with Gasteiger partial charge >= 0.3 is 5.97 Å². The largest absolute Gasteiger partial charge is 0.480 e. The van der Waals surface area contributed by atoms with Crippen molar-refractivity contribution in [1.29, 1.82) is 0 Å². The predicted octanol–water partition coefficient (Wildman–Crippen LogP) is 1.91. The maximum absolute atomic E-state index is 12.2. The van der Waals surface area contributed by atoms with Crippen molar-refractivity contribution in [3.8, 4) is 0 Å². The van der Waals surface area contributed by atoms with Gasteiger partial charge in [0.15, 0.2) is 5.41 Å². The zero-order valence-electron chi connectivity index (χ0n) is 12.0. The standard InChI is InChI=1S/C18H17NO3/c19-16(20)18(17(21)22,14-8-2-1-3-9-14)15-10-12-6-4-5-7-13(12)11-15/h1-9,15H,10-11H2,(H2,19,20)(H,21,22). The predicted molar refractivity (Wildman–Crippen MR) is 82.3 cm³/mol. The quantitative estimate of drug-likeness (QED) is 0.845. The molecule has 1 unspecified atom stereocenters. The molecule has 0 aromatic heterocycles. The minimum absolute atomic E-state index is 0.373. The van der Waals surface area contributed by atoms with Gasteiger partial charge in [0, 0.05) is 0 Å². The number of aliphatic carboxylic acids is 1. The van der Waals surface area contributed by atoms with Gasteiger partial charge in [-0.25, -0.2) is 0 Å². The molecule has 1 aliphatic carbocycles. The molecule has 0 radical (unpaired) electrons. The van der Waals surface area contributed by atoms with Gasteiger partial charge in [0.05, 0.1) is 0 Å². The van der Waals surface area contributed by atoms with E-state index in [1.165, 1.54) is 0 Å². The summed E-state index contributed by atoms with van der Waals surface area (Å²) in [6.07, 6.45) is 1.08. The molecule has 0 fully saturated rings. The SMILES string of the molecule is NC(=O)C(C(=O)O)(c1ccccc1)C1Cc2ccccc2C1. The Hall–Kier alpha value is -2.62. The van der Waals surface area contributed by atoms with Crippen LogP contribution in [0.2, 0.25) is 0 Å². The maximum atomic E-state index is 12.2. The summed E-state index contributed by atoms with van der Waals surface area (Å²) in [5, 5.41) is 9.89. The van der Waals surface area contributed by atoms with E-state index in [1.54, 1.807) is 30.3 Å². The van der Waals surface area contributed by atoms with Gasteiger partial charge in [0.1, 0.15) is 0 Å². The molecule has 2 aromatic carbocycles. The lowest BCUT2D eigenvalue weighted by molar-refractivity contribution is -0.151. The number of carboxylic acids is 1. The van der Waals surface area contributed by atoms with Crippen LogP contribution in [0.25, 0.3) is 0 Å². The first-order valence-corrected chi connectivity index (χ1v) is 7.22. The van der Waals surface area contributed by atoms with Gasteiger partial charge in [-0.1, -0.05) is 54.6 Å². The van der Waals surface area contributed by atoms with E-state index in [2.05, 4.69) is 0 Å². The highest BCUT2D eigenvalue weighted by Gasteiger charge is 2.54. The van der Waals surface area contributed by atoms with Crippen LogP contribution in [-0.4, -0.2) is 17.0 Å². The molecule has 22 heavy (non-hydrogen) atoms. The normalized spacial score (nSPS) is 16.7. The van der Waals surface area contributed by atoms with E-state index in [4.69, 9.17) is 5.73 Å². The Balaban J connectivity index is 2.12. The number of benzene rings is 2. The molecular formula is C18H17NO3. The first-order chi connectivity index (χ1) is 10.6. The minimum Gasteiger partial charge on any atom is -0.480 e. The lowest BCUT2D eigenvalue weighted by Crippen LogP contribution is -2.53. The average Bonchev–Trinajstić information content (AvgIpc) is 2.92. The average molecular weight is 295 g/mol. The van der Waals surface area contributed by atoms with E-state index in [0.717, 1.165) is 11.1 Å². The number of primary amides is 1. The lowest BCUT2D eigenvalue weighted by atomic mass is 9.68. The van der Waals surface area contributed by atoms with E-state index in [1.807, 2.05) is 24.3 Å². The van der Waals surface area contributed by atoms with E-state index >= 15 is 0 Å². The zero-order valence-corrected chi connectivity index (χ0v) is 12.0. The van der Waals surface area contributed by atoms with Crippen molar-refractivity contribution in [2.75, 3.05) is 0 Å². The first kappa shape index (κ1) is 14.3. The second-order valence-electron chi connectivity index (χ2n) is 5.72. The van der Waals surface area contributed by atoms with Gasteiger partial charge in [-0.15, -0.1) is 0 Å². The zero-order chi connectivity index (χ0) is 15.7. The Morgan fingerprint density at radius 2 is 1.45 bits per heavy atom. The fourth-order valence-corrected chi connectivity index (χ4v) is 3.55. The maximum Gasteiger partial charge on any atom is 0.324 e. The summed E-state index contributed by atoms with van der Waals surface area (Å²) in [5.41, 5.74) is 6.54. The van der Waals surface area contributed by atoms with E-state index in [-0.39, 0.29) is 5.92 Å². The second kappa shape index (κ2) is 5.30. The number of carboxylic acid groups (broad SMARTS) is 1. The summed E-state index contributed by atoms with van der Waals surface area (Å²) in [6, 6.07) is 16.4. The number of hydrogen-bond donors (Lipinski definition) is 2. The molecule has 2 aromatic rings. The molecule has 0 spiro atoms. The van der Waals surface area contributed by atoms with Crippen molar-refractivity contribution in [3.05, 3.63) is 71.3 Å². The molecule has 0 heterocycles. The van der Waals surface area contributed by atoms with Gasteiger partial charge in [0.25, 0.3) is 0 Å². The van der Waals surface area contributed by atoms with Crippen LogP contribution < -0.4 is 5.73 Å². The third-order valence-corrected chi connectivity index (χ3v) is 4.62. The Kier molecular flexibility index (Phi) is 3.45. The van der Waals surface area contributed by atoms with Crippen LogP contribution in [0.5, 0.6) is 0 Å². The molecule has 112 valence electrons. The van der Waals surface area contributed by atoms with Gasteiger partial charge < -0.3 is 10.8 Å². The molecule has 0 aliphatic heterocycles. The van der Waals surface area contributed by atoms with Gasteiger partial charge in [-0.05, 0) is 35.4 Å². The summed E-state index contributed by atoms with van der Waals surface area (Å²) in [6.45, 7) is 0. The van der Waals surface area contributed by atoms with E-state index < -0.39 is 17.3 Å². The van der Waals surface area contributed by atoms with Crippen LogP contribution >= 0.6 is 0 Å². The smallest absolute Gasteiger partial charge is 0.324 e. The van der Waals surface area contributed by atoms with Gasteiger partial charge in [0.2, 0.25) is 5.91 Å². The molecule has 0 saturated heterocycles. The van der Waals surface area contributed by atoms with Crippen molar-refractivity contribution < 1.29 is 14.7 Å². The van der Waals surface area contributed by atoms with Crippen LogP contribution in [0.4, 0.5) is 0 Å². The van der Waals surface area contributed by atoms with Crippen molar-refractivity contribution in [2.45, 2.75) is 18.3 Å². The number of fused-ring (bicyclic) bond motifs is 1. The van der Waals surface area contributed by atoms with Crippen LogP contribution in [0.3, 0.4) is 0 Å². The van der Waals surface area contributed by atoms with Crippen LogP contribution in [0.1, 0.15) is 16.7 Å². The van der Waals surface area contributed by atoms with Crippen molar-refractivity contribution >= 4 is 11.9 Å².